The van der Waals surface area contributed by atoms with Crippen LogP contribution >= 0.6 is 11.6 Å². The molecule has 3 heteroatoms. The van der Waals surface area contributed by atoms with Crippen molar-refractivity contribution in [1.82, 2.24) is 4.98 Å². The lowest BCUT2D eigenvalue weighted by Gasteiger charge is -2.41. The lowest BCUT2D eigenvalue weighted by molar-refractivity contribution is 0.117. The molecule has 20 heavy (non-hydrogen) atoms. The summed E-state index contributed by atoms with van der Waals surface area (Å²) in [4.78, 5) is 4.05. The third kappa shape index (κ3) is 3.17. The summed E-state index contributed by atoms with van der Waals surface area (Å²) in [6, 6.07) is 2.26. The summed E-state index contributed by atoms with van der Waals surface area (Å²) < 4.78 is 0. The van der Waals surface area contributed by atoms with Gasteiger partial charge in [0.1, 0.15) is 0 Å². The molecule has 2 nitrogen and oxygen atoms in total. The zero-order valence-electron chi connectivity index (χ0n) is 12.1. The number of halogens is 1. The Labute approximate surface area is 127 Å². The van der Waals surface area contributed by atoms with Crippen LogP contribution in [0.25, 0.3) is 0 Å². The third-order valence-electron chi connectivity index (χ3n) is 5.50. The van der Waals surface area contributed by atoms with Gasteiger partial charge in [-0.25, -0.2) is 0 Å². The molecular weight excluding hydrogens is 268 g/mol. The Hall–Kier alpha value is -0.600. The van der Waals surface area contributed by atoms with E-state index in [1.807, 2.05) is 12.3 Å². The van der Waals surface area contributed by atoms with Crippen molar-refractivity contribution in [1.29, 1.82) is 0 Å². The second-order valence-electron chi connectivity index (χ2n) is 6.71. The molecular formula is C17H25ClN2. The molecule has 3 rings (SSSR count). The van der Waals surface area contributed by atoms with E-state index in [1.54, 1.807) is 6.20 Å². The molecule has 0 aromatic carbocycles. The first kappa shape index (κ1) is 14.3. The van der Waals surface area contributed by atoms with Gasteiger partial charge in [0, 0.05) is 18.4 Å². The number of nitrogens with zero attached hydrogens (tertiary/aromatic N) is 1. The van der Waals surface area contributed by atoms with Crippen LogP contribution < -0.4 is 5.73 Å². The molecule has 0 saturated heterocycles. The van der Waals surface area contributed by atoms with Crippen LogP contribution in [0.2, 0.25) is 5.02 Å². The van der Waals surface area contributed by atoms with Crippen LogP contribution in [-0.4, -0.2) is 11.0 Å². The molecule has 2 saturated carbocycles. The maximum absolute atomic E-state index is 6.49. The fourth-order valence-electron chi connectivity index (χ4n) is 4.29. The van der Waals surface area contributed by atoms with Crippen LogP contribution in [0.4, 0.5) is 0 Å². The monoisotopic (exact) mass is 292 g/mol. The van der Waals surface area contributed by atoms with Crippen molar-refractivity contribution in [3.05, 3.63) is 29.0 Å². The normalized spacial score (nSPS) is 31.6. The van der Waals surface area contributed by atoms with Gasteiger partial charge < -0.3 is 5.73 Å². The average molecular weight is 293 g/mol. The maximum Gasteiger partial charge on any atom is 0.0621 e. The van der Waals surface area contributed by atoms with Gasteiger partial charge in [-0.2, -0.15) is 0 Å². The van der Waals surface area contributed by atoms with E-state index in [4.69, 9.17) is 17.3 Å². The lowest BCUT2D eigenvalue weighted by Crippen LogP contribution is -2.38. The van der Waals surface area contributed by atoms with E-state index in [2.05, 4.69) is 4.98 Å². The van der Waals surface area contributed by atoms with Gasteiger partial charge in [-0.05, 0) is 55.1 Å². The Morgan fingerprint density at radius 3 is 2.80 bits per heavy atom. The highest BCUT2D eigenvalue weighted by Crippen LogP contribution is 2.43. The molecule has 0 aliphatic heterocycles. The maximum atomic E-state index is 6.49. The lowest BCUT2D eigenvalue weighted by atomic mass is 9.66. The molecule has 1 aromatic heterocycles. The zero-order valence-corrected chi connectivity index (χ0v) is 12.9. The molecule has 4 atom stereocenters. The largest absolute Gasteiger partial charge is 0.327 e. The van der Waals surface area contributed by atoms with Gasteiger partial charge in [-0.1, -0.05) is 37.3 Å². The summed E-state index contributed by atoms with van der Waals surface area (Å²) in [5, 5.41) is 0.759. The Kier molecular flexibility index (Phi) is 4.62. The van der Waals surface area contributed by atoms with E-state index in [9.17, 15) is 0 Å². The van der Waals surface area contributed by atoms with Crippen molar-refractivity contribution < 1.29 is 0 Å². The quantitative estimate of drug-likeness (QED) is 0.906. The van der Waals surface area contributed by atoms with Gasteiger partial charge in [0.15, 0.2) is 0 Å². The predicted molar refractivity (Wildman–Crippen MR) is 83.7 cm³/mol. The van der Waals surface area contributed by atoms with E-state index >= 15 is 0 Å². The Balaban J connectivity index is 1.60. The molecule has 2 aliphatic rings. The second-order valence-corrected chi connectivity index (χ2v) is 7.12. The van der Waals surface area contributed by atoms with Crippen LogP contribution in [0.15, 0.2) is 18.5 Å². The molecule has 110 valence electrons. The first-order valence-corrected chi connectivity index (χ1v) is 8.46. The third-order valence-corrected chi connectivity index (χ3v) is 5.84. The van der Waals surface area contributed by atoms with Gasteiger partial charge in [0.2, 0.25) is 0 Å². The van der Waals surface area contributed by atoms with Gasteiger partial charge >= 0.3 is 0 Å². The van der Waals surface area contributed by atoms with Crippen molar-refractivity contribution >= 4 is 11.6 Å². The van der Waals surface area contributed by atoms with Crippen molar-refractivity contribution in [2.24, 2.45) is 23.5 Å². The summed E-state index contributed by atoms with van der Waals surface area (Å²) >= 11 is 6.20. The SMILES string of the molecule is NC(Cc1ccncc1Cl)C1CCC2CCCCC2C1. The highest BCUT2D eigenvalue weighted by atomic mass is 35.5. The fourth-order valence-corrected chi connectivity index (χ4v) is 4.49. The van der Waals surface area contributed by atoms with Crippen molar-refractivity contribution in [3.8, 4) is 0 Å². The Bertz CT molecular complexity index is 448. The molecule has 1 aromatic rings. The number of hydrogen-bond acceptors (Lipinski definition) is 2. The van der Waals surface area contributed by atoms with Crippen LogP contribution in [0.3, 0.4) is 0 Å². The summed E-state index contributed by atoms with van der Waals surface area (Å²) in [6.07, 6.45) is 14.3. The van der Waals surface area contributed by atoms with Gasteiger partial charge in [0.25, 0.3) is 0 Å². The van der Waals surface area contributed by atoms with Crippen molar-refractivity contribution in [2.75, 3.05) is 0 Å². The summed E-state index contributed by atoms with van der Waals surface area (Å²) in [7, 11) is 0. The molecule has 2 aliphatic carbocycles. The number of fused-ring (bicyclic) bond motifs is 1. The summed E-state index contributed by atoms with van der Waals surface area (Å²) in [5.41, 5.74) is 7.64. The second kappa shape index (κ2) is 6.44. The average Bonchev–Trinajstić information content (AvgIpc) is 2.49. The fraction of sp³-hybridized carbons (Fsp3) is 0.706. The molecule has 1 heterocycles. The van der Waals surface area contributed by atoms with Crippen LogP contribution in [0.1, 0.15) is 50.5 Å². The zero-order chi connectivity index (χ0) is 13.9. The first-order chi connectivity index (χ1) is 9.74. The number of hydrogen-bond donors (Lipinski definition) is 1. The predicted octanol–water partition coefficient (Wildman–Crippen LogP) is 4.21. The standard InChI is InChI=1S/C17H25ClN2/c18-16-11-20-8-7-14(16)10-17(19)15-6-5-12-3-1-2-4-13(12)9-15/h7-8,11-13,15,17H,1-6,9-10,19H2. The molecule has 0 spiro atoms. The smallest absolute Gasteiger partial charge is 0.0621 e. The van der Waals surface area contributed by atoms with Gasteiger partial charge in [-0.15, -0.1) is 0 Å². The highest BCUT2D eigenvalue weighted by molar-refractivity contribution is 6.31. The summed E-state index contributed by atoms with van der Waals surface area (Å²) in [6.45, 7) is 0. The number of nitrogens with two attached hydrogens (primary N) is 1. The van der Waals surface area contributed by atoms with E-state index < -0.39 is 0 Å². The Morgan fingerprint density at radius 2 is 2.00 bits per heavy atom. The van der Waals surface area contributed by atoms with E-state index in [0.29, 0.717) is 5.92 Å². The number of aromatic nitrogens is 1. The van der Waals surface area contributed by atoms with Gasteiger partial charge in [0.05, 0.1) is 5.02 Å². The van der Waals surface area contributed by atoms with Crippen LogP contribution in [0.5, 0.6) is 0 Å². The van der Waals surface area contributed by atoms with E-state index in [1.165, 1.54) is 44.9 Å². The summed E-state index contributed by atoms with van der Waals surface area (Å²) in [5.74, 6) is 2.62. The molecule has 2 fully saturated rings. The van der Waals surface area contributed by atoms with E-state index in [0.717, 1.165) is 28.8 Å². The van der Waals surface area contributed by atoms with Crippen LogP contribution in [0, 0.1) is 17.8 Å². The Morgan fingerprint density at radius 1 is 1.20 bits per heavy atom. The molecule has 0 bridgehead atoms. The van der Waals surface area contributed by atoms with Crippen molar-refractivity contribution in [3.63, 3.8) is 0 Å². The molecule has 4 unspecified atom stereocenters. The number of rotatable bonds is 3. The first-order valence-electron chi connectivity index (χ1n) is 8.08. The van der Waals surface area contributed by atoms with Gasteiger partial charge in [-0.3, -0.25) is 4.98 Å². The van der Waals surface area contributed by atoms with Crippen LogP contribution in [-0.2, 0) is 6.42 Å². The molecule has 0 amide bonds. The van der Waals surface area contributed by atoms with Crippen molar-refractivity contribution in [2.45, 2.75) is 57.4 Å². The minimum atomic E-state index is 0.248. The topological polar surface area (TPSA) is 38.9 Å². The number of pyridine rings is 1. The highest BCUT2D eigenvalue weighted by Gasteiger charge is 2.34. The minimum absolute atomic E-state index is 0.248. The molecule has 2 N–H and O–H groups in total. The van der Waals surface area contributed by atoms with E-state index in [-0.39, 0.29) is 6.04 Å². The minimum Gasteiger partial charge on any atom is -0.327 e. The molecule has 0 radical (unpaired) electrons.